The zero-order valence-electron chi connectivity index (χ0n) is 15.2. The second-order valence-corrected chi connectivity index (χ2v) is 8.28. The van der Waals surface area contributed by atoms with Gasteiger partial charge in [-0.05, 0) is 49.4 Å². The highest BCUT2D eigenvalue weighted by Crippen LogP contribution is 2.28. The summed E-state index contributed by atoms with van der Waals surface area (Å²) >= 11 is 2.71. The number of rotatable bonds is 6. The molecule has 1 aromatic heterocycles. The van der Waals surface area contributed by atoms with Gasteiger partial charge in [-0.15, -0.1) is 23.1 Å². The highest BCUT2D eigenvalue weighted by molar-refractivity contribution is 8.00. The molecule has 2 N–H and O–H groups in total. The summed E-state index contributed by atoms with van der Waals surface area (Å²) in [6, 6.07) is 13.4. The van der Waals surface area contributed by atoms with Crippen LogP contribution in [-0.4, -0.2) is 22.0 Å². The van der Waals surface area contributed by atoms with Crippen molar-refractivity contribution in [3.05, 3.63) is 59.7 Å². The molecule has 0 aliphatic heterocycles. The van der Waals surface area contributed by atoms with Gasteiger partial charge in [0.2, 0.25) is 11.8 Å². The van der Waals surface area contributed by atoms with Gasteiger partial charge in [-0.25, -0.2) is 9.37 Å². The van der Waals surface area contributed by atoms with E-state index in [-0.39, 0.29) is 22.9 Å². The molecule has 0 aliphatic rings. The molecule has 144 valence electrons. The van der Waals surface area contributed by atoms with Crippen molar-refractivity contribution in [2.75, 3.05) is 10.6 Å². The van der Waals surface area contributed by atoms with Crippen molar-refractivity contribution in [3.8, 4) is 11.3 Å². The molecule has 0 aliphatic carbocycles. The van der Waals surface area contributed by atoms with E-state index in [2.05, 4.69) is 15.6 Å². The van der Waals surface area contributed by atoms with Gasteiger partial charge in [0.25, 0.3) is 0 Å². The molecule has 0 saturated heterocycles. The summed E-state index contributed by atoms with van der Waals surface area (Å²) in [6.07, 6.45) is 0. The first kappa shape index (κ1) is 20.0. The highest BCUT2D eigenvalue weighted by atomic mass is 32.2. The molecule has 8 heteroatoms. The summed E-state index contributed by atoms with van der Waals surface area (Å²) in [4.78, 5) is 28.9. The first-order chi connectivity index (χ1) is 13.4. The number of thioether (sulfide) groups is 1. The van der Waals surface area contributed by atoms with Crippen molar-refractivity contribution in [2.45, 2.75) is 24.0 Å². The predicted octanol–water partition coefficient (Wildman–Crippen LogP) is 5.03. The van der Waals surface area contributed by atoms with Crippen LogP contribution in [0.1, 0.15) is 13.8 Å². The molecule has 0 bridgehead atoms. The fourth-order valence-corrected chi connectivity index (χ4v) is 4.05. The smallest absolute Gasteiger partial charge is 0.239 e. The van der Waals surface area contributed by atoms with E-state index >= 15 is 0 Å². The number of aromatic nitrogens is 1. The van der Waals surface area contributed by atoms with Crippen molar-refractivity contribution in [1.29, 1.82) is 0 Å². The topological polar surface area (TPSA) is 71.1 Å². The lowest BCUT2D eigenvalue weighted by atomic mass is 10.2. The van der Waals surface area contributed by atoms with E-state index in [1.807, 2.05) is 23.6 Å². The Balaban J connectivity index is 1.62. The van der Waals surface area contributed by atoms with Crippen LogP contribution in [0.5, 0.6) is 0 Å². The number of thiazole rings is 1. The maximum atomic E-state index is 13.0. The summed E-state index contributed by atoms with van der Waals surface area (Å²) in [5.74, 6) is -0.621. The Morgan fingerprint density at radius 3 is 2.61 bits per heavy atom. The van der Waals surface area contributed by atoms with Gasteiger partial charge in [0.1, 0.15) is 5.82 Å². The van der Waals surface area contributed by atoms with Crippen LogP contribution in [-0.2, 0) is 9.59 Å². The summed E-state index contributed by atoms with van der Waals surface area (Å²) in [5, 5.41) is 7.49. The van der Waals surface area contributed by atoms with Crippen LogP contribution in [0.25, 0.3) is 11.3 Å². The summed E-state index contributed by atoms with van der Waals surface area (Å²) in [6.45, 7) is 3.25. The average molecular weight is 416 g/mol. The van der Waals surface area contributed by atoms with Crippen LogP contribution in [0.4, 0.5) is 15.2 Å². The van der Waals surface area contributed by atoms with E-state index < -0.39 is 0 Å². The average Bonchev–Trinajstić information content (AvgIpc) is 3.10. The quantitative estimate of drug-likeness (QED) is 0.554. The molecule has 0 saturated carbocycles. The summed E-state index contributed by atoms with van der Waals surface area (Å²) in [7, 11) is 0. The molecule has 2 amide bonds. The van der Waals surface area contributed by atoms with Gasteiger partial charge < -0.3 is 10.6 Å². The Hall–Kier alpha value is -2.71. The summed E-state index contributed by atoms with van der Waals surface area (Å²) in [5.41, 5.74) is 2.16. The van der Waals surface area contributed by atoms with E-state index in [4.69, 9.17) is 0 Å². The molecule has 5 nitrogen and oxygen atoms in total. The van der Waals surface area contributed by atoms with Crippen molar-refractivity contribution in [3.63, 3.8) is 0 Å². The van der Waals surface area contributed by atoms with Crippen molar-refractivity contribution >= 4 is 45.7 Å². The second kappa shape index (κ2) is 8.99. The van der Waals surface area contributed by atoms with Gasteiger partial charge in [0.15, 0.2) is 5.13 Å². The third kappa shape index (κ3) is 5.40. The van der Waals surface area contributed by atoms with Crippen LogP contribution in [0, 0.1) is 5.82 Å². The SMILES string of the molecule is CC(=O)Nc1cccc(SC(C)C(=O)Nc2nc(-c3ccc(F)cc3)cs2)c1. The lowest BCUT2D eigenvalue weighted by Gasteiger charge is -2.11. The van der Waals surface area contributed by atoms with Crippen LogP contribution in [0.3, 0.4) is 0 Å². The van der Waals surface area contributed by atoms with Gasteiger partial charge in [-0.3, -0.25) is 9.59 Å². The number of anilines is 2. The zero-order chi connectivity index (χ0) is 20.1. The van der Waals surface area contributed by atoms with Crippen molar-refractivity contribution in [2.24, 2.45) is 0 Å². The normalized spacial score (nSPS) is 11.7. The van der Waals surface area contributed by atoms with E-state index in [0.717, 1.165) is 10.5 Å². The largest absolute Gasteiger partial charge is 0.326 e. The van der Waals surface area contributed by atoms with Gasteiger partial charge >= 0.3 is 0 Å². The van der Waals surface area contributed by atoms with E-state index in [0.29, 0.717) is 16.5 Å². The minimum absolute atomic E-state index is 0.145. The molecule has 1 atom stereocenters. The van der Waals surface area contributed by atoms with Crippen LogP contribution >= 0.6 is 23.1 Å². The number of amides is 2. The lowest BCUT2D eigenvalue weighted by molar-refractivity contribution is -0.115. The first-order valence-corrected chi connectivity index (χ1v) is 10.2. The number of benzene rings is 2. The Morgan fingerprint density at radius 2 is 1.89 bits per heavy atom. The van der Waals surface area contributed by atoms with E-state index in [9.17, 15) is 14.0 Å². The number of carbonyl (C=O) groups is 2. The third-order valence-electron chi connectivity index (χ3n) is 3.71. The molecule has 2 aromatic carbocycles. The number of halogens is 1. The molecular formula is C20H18FN3O2S2. The molecule has 28 heavy (non-hydrogen) atoms. The van der Waals surface area contributed by atoms with Crippen LogP contribution in [0.15, 0.2) is 58.8 Å². The maximum absolute atomic E-state index is 13.0. The van der Waals surface area contributed by atoms with E-state index in [1.54, 1.807) is 25.1 Å². The fraction of sp³-hybridized carbons (Fsp3) is 0.150. The monoisotopic (exact) mass is 415 g/mol. The Bertz CT molecular complexity index is 989. The Labute approximate surface area is 170 Å². The van der Waals surface area contributed by atoms with Crippen LogP contribution in [0.2, 0.25) is 0 Å². The molecule has 3 rings (SSSR count). The zero-order valence-corrected chi connectivity index (χ0v) is 16.9. The number of carbonyl (C=O) groups excluding carboxylic acids is 2. The number of nitrogens with zero attached hydrogens (tertiary/aromatic N) is 1. The fourth-order valence-electron chi connectivity index (χ4n) is 2.40. The highest BCUT2D eigenvalue weighted by Gasteiger charge is 2.16. The van der Waals surface area contributed by atoms with Crippen LogP contribution < -0.4 is 10.6 Å². The molecule has 0 radical (unpaired) electrons. The van der Waals surface area contributed by atoms with Crippen molar-refractivity contribution in [1.82, 2.24) is 4.98 Å². The molecule has 1 heterocycles. The Morgan fingerprint density at radius 1 is 1.14 bits per heavy atom. The van der Waals surface area contributed by atoms with Gasteiger partial charge in [0.05, 0.1) is 10.9 Å². The van der Waals surface area contributed by atoms with Gasteiger partial charge in [0, 0.05) is 28.5 Å². The molecule has 0 spiro atoms. The second-order valence-electron chi connectivity index (χ2n) is 6.00. The van der Waals surface area contributed by atoms with Gasteiger partial charge in [-0.1, -0.05) is 6.07 Å². The predicted molar refractivity (Wildman–Crippen MR) is 112 cm³/mol. The third-order valence-corrected chi connectivity index (χ3v) is 5.56. The Kier molecular flexibility index (Phi) is 6.43. The number of hydrogen-bond acceptors (Lipinski definition) is 5. The van der Waals surface area contributed by atoms with Gasteiger partial charge in [-0.2, -0.15) is 0 Å². The minimum atomic E-state index is -0.356. The number of hydrogen-bond donors (Lipinski definition) is 2. The minimum Gasteiger partial charge on any atom is -0.326 e. The first-order valence-electron chi connectivity index (χ1n) is 8.47. The maximum Gasteiger partial charge on any atom is 0.239 e. The number of nitrogens with one attached hydrogen (secondary N) is 2. The van der Waals surface area contributed by atoms with E-state index in [1.165, 1.54) is 42.2 Å². The lowest BCUT2D eigenvalue weighted by Crippen LogP contribution is -2.22. The standard InChI is InChI=1S/C20H18FN3O2S2/c1-12(28-17-5-3-4-16(10-17)22-13(2)25)19(26)24-20-23-18(11-27-20)14-6-8-15(21)9-7-14/h3-12H,1-2H3,(H,22,25)(H,23,24,26). The molecule has 1 unspecified atom stereocenters. The molecular weight excluding hydrogens is 397 g/mol. The van der Waals surface area contributed by atoms with Crippen molar-refractivity contribution < 1.29 is 14.0 Å². The summed E-state index contributed by atoms with van der Waals surface area (Å²) < 4.78 is 13.0. The molecule has 3 aromatic rings. The molecule has 0 fully saturated rings.